The Morgan fingerprint density at radius 1 is 0.720 bits per heavy atom. The van der Waals surface area contributed by atoms with Crippen LogP contribution in [0.1, 0.15) is 63.7 Å². The fraction of sp³-hybridized carbons (Fsp3) is 0.214. The number of ether oxygens (including phenoxy) is 3. The molecule has 4 aromatic carbocycles. The van der Waals surface area contributed by atoms with Crippen LogP contribution in [0.5, 0.6) is 0 Å². The summed E-state index contributed by atoms with van der Waals surface area (Å²) in [7, 11) is 4.16. The van der Waals surface area contributed by atoms with Crippen molar-refractivity contribution >= 4 is 40.5 Å². The van der Waals surface area contributed by atoms with Crippen molar-refractivity contribution in [2.75, 3.05) is 21.3 Å². The first-order valence-electron chi connectivity index (χ1n) is 16.3. The third-order valence-electron chi connectivity index (χ3n) is 9.30. The summed E-state index contributed by atoms with van der Waals surface area (Å²) in [6.45, 7) is 0. The molecule has 1 atom stereocenters. The van der Waals surface area contributed by atoms with Crippen LogP contribution in [0.25, 0.3) is 22.5 Å². The third-order valence-corrected chi connectivity index (χ3v) is 9.56. The molecule has 8 heteroatoms. The summed E-state index contributed by atoms with van der Waals surface area (Å²) in [6.07, 6.45) is -0.274. The lowest BCUT2D eigenvalue weighted by molar-refractivity contribution is -0.169. The number of esters is 2. The van der Waals surface area contributed by atoms with Gasteiger partial charge in [-0.15, -0.1) is 0 Å². The van der Waals surface area contributed by atoms with Gasteiger partial charge in [-0.2, -0.15) is 0 Å². The smallest absolute Gasteiger partial charge is 0.324 e. The van der Waals surface area contributed by atoms with E-state index in [1.807, 2.05) is 91.0 Å². The van der Waals surface area contributed by atoms with Crippen molar-refractivity contribution in [2.24, 2.45) is 5.41 Å². The summed E-state index contributed by atoms with van der Waals surface area (Å²) in [5.41, 5.74) is 4.29. The average molecular weight is 689 g/mol. The van der Waals surface area contributed by atoms with Gasteiger partial charge in [-0.25, -0.2) is 0 Å². The van der Waals surface area contributed by atoms with Crippen LogP contribution in [0.15, 0.2) is 120 Å². The maximum absolute atomic E-state index is 13.8. The second kappa shape index (κ2) is 15.1. The van der Waals surface area contributed by atoms with Gasteiger partial charge in [-0.05, 0) is 53.0 Å². The molecule has 254 valence electrons. The van der Waals surface area contributed by atoms with E-state index in [0.29, 0.717) is 34.1 Å². The van der Waals surface area contributed by atoms with Crippen molar-refractivity contribution in [3.05, 3.63) is 154 Å². The molecular formula is C42H37ClO7. The summed E-state index contributed by atoms with van der Waals surface area (Å²) in [4.78, 5) is 41.2. The zero-order valence-corrected chi connectivity index (χ0v) is 28.9. The highest BCUT2D eigenvalue weighted by Gasteiger charge is 2.54. The Labute approximate surface area is 296 Å². The molecule has 0 N–H and O–H groups in total. The number of halogens is 1. The molecule has 0 saturated carbocycles. The maximum atomic E-state index is 13.8. The van der Waals surface area contributed by atoms with E-state index in [2.05, 4.69) is 0 Å². The minimum absolute atomic E-state index is 0.0509. The second-order valence-corrected chi connectivity index (χ2v) is 12.6. The number of allylic oxidation sites excluding steroid dienone is 2. The highest BCUT2D eigenvalue weighted by atomic mass is 35.5. The quantitative estimate of drug-likeness (QED) is 0.0776. The Balaban J connectivity index is 1.67. The van der Waals surface area contributed by atoms with Gasteiger partial charge in [0.15, 0.2) is 11.2 Å². The molecule has 5 aromatic rings. The molecule has 1 aliphatic carbocycles. The van der Waals surface area contributed by atoms with Crippen LogP contribution in [-0.2, 0) is 30.2 Å². The SMILES string of the molecule is COC(=O)C1(C(=O)OC)C/C(=C(/CCC(=O)c2ccc(Cl)cc2)c2ccccc2)c2c(oc(-c3ccccc3)c2[C@H](OC)c2ccccc2)C1. The van der Waals surface area contributed by atoms with Crippen LogP contribution in [-0.4, -0.2) is 39.1 Å². The van der Waals surface area contributed by atoms with E-state index < -0.39 is 23.5 Å². The molecule has 0 bridgehead atoms. The molecule has 50 heavy (non-hydrogen) atoms. The summed E-state index contributed by atoms with van der Waals surface area (Å²) >= 11 is 6.10. The molecule has 0 fully saturated rings. The predicted octanol–water partition coefficient (Wildman–Crippen LogP) is 9.19. The molecule has 0 spiro atoms. The van der Waals surface area contributed by atoms with Crippen molar-refractivity contribution in [2.45, 2.75) is 31.8 Å². The van der Waals surface area contributed by atoms with E-state index in [-0.39, 0.29) is 25.0 Å². The molecule has 6 rings (SSSR count). The number of benzene rings is 4. The van der Waals surface area contributed by atoms with Gasteiger partial charge >= 0.3 is 11.9 Å². The minimum Gasteiger partial charge on any atom is -0.468 e. The van der Waals surface area contributed by atoms with Crippen molar-refractivity contribution in [1.82, 2.24) is 0 Å². The number of rotatable bonds is 11. The molecule has 1 aromatic heterocycles. The van der Waals surface area contributed by atoms with E-state index >= 15 is 0 Å². The van der Waals surface area contributed by atoms with Crippen molar-refractivity contribution in [3.8, 4) is 11.3 Å². The Hall–Kier alpha value is -5.24. The van der Waals surface area contributed by atoms with Crippen LogP contribution >= 0.6 is 11.6 Å². The lowest BCUT2D eigenvalue weighted by Gasteiger charge is -2.34. The van der Waals surface area contributed by atoms with Crippen LogP contribution in [0.3, 0.4) is 0 Å². The van der Waals surface area contributed by atoms with Gasteiger partial charge in [-0.3, -0.25) is 14.4 Å². The Morgan fingerprint density at radius 2 is 1.30 bits per heavy atom. The monoisotopic (exact) mass is 688 g/mol. The Bertz CT molecular complexity index is 2000. The Kier molecular flexibility index (Phi) is 10.5. The molecule has 0 aliphatic heterocycles. The first-order chi connectivity index (χ1) is 24.3. The maximum Gasteiger partial charge on any atom is 0.324 e. The number of ketones is 1. The molecule has 0 radical (unpaired) electrons. The van der Waals surface area contributed by atoms with Gasteiger partial charge in [0.1, 0.15) is 17.6 Å². The van der Waals surface area contributed by atoms with Crippen molar-refractivity contribution in [3.63, 3.8) is 0 Å². The zero-order chi connectivity index (χ0) is 35.3. The molecule has 7 nitrogen and oxygen atoms in total. The van der Waals surface area contributed by atoms with Crippen LogP contribution in [0.2, 0.25) is 5.02 Å². The van der Waals surface area contributed by atoms with E-state index in [4.69, 9.17) is 30.2 Å². The van der Waals surface area contributed by atoms with Crippen molar-refractivity contribution in [1.29, 1.82) is 0 Å². The zero-order valence-electron chi connectivity index (χ0n) is 28.1. The fourth-order valence-electron chi connectivity index (χ4n) is 6.93. The predicted molar refractivity (Wildman–Crippen MR) is 192 cm³/mol. The normalized spacial score (nSPS) is 15.0. The van der Waals surface area contributed by atoms with Gasteiger partial charge in [-0.1, -0.05) is 103 Å². The summed E-state index contributed by atoms with van der Waals surface area (Å²) < 4.78 is 23.6. The minimum atomic E-state index is -1.75. The number of fused-ring (bicyclic) bond motifs is 1. The lowest BCUT2D eigenvalue weighted by atomic mass is 9.68. The van der Waals surface area contributed by atoms with E-state index in [9.17, 15) is 14.4 Å². The molecule has 0 amide bonds. The largest absolute Gasteiger partial charge is 0.468 e. The average Bonchev–Trinajstić information content (AvgIpc) is 3.54. The van der Waals surface area contributed by atoms with E-state index in [1.165, 1.54) is 14.2 Å². The number of carbonyl (C=O) groups excluding carboxylic acids is 3. The van der Waals surface area contributed by atoms with E-state index in [0.717, 1.165) is 33.4 Å². The van der Waals surface area contributed by atoms with Crippen LogP contribution in [0.4, 0.5) is 0 Å². The highest BCUT2D eigenvalue weighted by molar-refractivity contribution is 6.30. The third kappa shape index (κ3) is 6.67. The van der Waals surface area contributed by atoms with Crippen LogP contribution in [0, 0.1) is 5.41 Å². The van der Waals surface area contributed by atoms with Crippen LogP contribution < -0.4 is 0 Å². The molecular weight excluding hydrogens is 652 g/mol. The number of Topliss-reactive ketones (excluding diaryl/α,β-unsaturated/α-hetero) is 1. The highest BCUT2D eigenvalue weighted by Crippen LogP contribution is 2.53. The number of carbonyl (C=O) groups is 3. The number of furan rings is 1. The second-order valence-electron chi connectivity index (χ2n) is 12.2. The lowest BCUT2D eigenvalue weighted by Crippen LogP contribution is -2.45. The summed E-state index contributed by atoms with van der Waals surface area (Å²) in [6, 6.07) is 36.0. The number of methoxy groups -OCH3 is 3. The first-order valence-corrected chi connectivity index (χ1v) is 16.7. The topological polar surface area (TPSA) is 92.0 Å². The van der Waals surface area contributed by atoms with Gasteiger partial charge in [0.25, 0.3) is 0 Å². The van der Waals surface area contributed by atoms with Gasteiger partial charge in [0.05, 0.1) is 14.2 Å². The summed E-state index contributed by atoms with van der Waals surface area (Å²) in [5.74, 6) is -0.564. The number of hydrogen-bond acceptors (Lipinski definition) is 7. The van der Waals surface area contributed by atoms with E-state index in [1.54, 1.807) is 31.4 Å². The molecule has 0 saturated heterocycles. The molecule has 0 unspecified atom stereocenters. The van der Waals surface area contributed by atoms with Gasteiger partial charge < -0.3 is 18.6 Å². The number of hydrogen-bond donors (Lipinski definition) is 0. The fourth-order valence-corrected chi connectivity index (χ4v) is 7.05. The van der Waals surface area contributed by atoms with Gasteiger partial charge in [0, 0.05) is 53.6 Å². The first kappa shape index (κ1) is 34.6. The summed E-state index contributed by atoms with van der Waals surface area (Å²) in [5, 5.41) is 0.540. The van der Waals surface area contributed by atoms with Gasteiger partial charge in [0.2, 0.25) is 0 Å². The standard InChI is InChI=1S/C42H37ClO7/c1-47-38(29-15-9-5-10-16-29)37-36-33(32(27-13-7-4-8-14-27)23-24-34(44)28-19-21-31(43)22-20-28)25-42(40(45)48-2,41(46)49-3)26-35(36)50-39(37)30-17-11-6-12-18-30/h4-22,38H,23-26H2,1-3H3/b33-32+/t38-/m1/s1. The molecule has 1 aliphatic rings. The Morgan fingerprint density at radius 3 is 1.88 bits per heavy atom. The molecule has 1 heterocycles. The van der Waals surface area contributed by atoms with Crippen molar-refractivity contribution < 1.29 is 33.0 Å².